The Hall–Kier alpha value is -1.69. The lowest BCUT2D eigenvalue weighted by molar-refractivity contribution is -0.117. The summed E-state index contributed by atoms with van der Waals surface area (Å²) in [6.45, 7) is 3.51. The SMILES string of the molecule is CC(C)(N)CC(=O)Nc1ccc(=O)[nH]n1. The summed E-state index contributed by atoms with van der Waals surface area (Å²) in [5.41, 5.74) is 4.80. The maximum Gasteiger partial charge on any atom is 0.264 e. The molecule has 0 atom stereocenters. The smallest absolute Gasteiger partial charge is 0.264 e. The lowest BCUT2D eigenvalue weighted by Crippen LogP contribution is -2.36. The fourth-order valence-corrected chi connectivity index (χ4v) is 1.01. The first-order chi connectivity index (χ1) is 6.87. The lowest BCUT2D eigenvalue weighted by Gasteiger charge is -2.16. The van der Waals surface area contributed by atoms with E-state index in [0.717, 1.165) is 0 Å². The van der Waals surface area contributed by atoms with Crippen LogP contribution in [0.5, 0.6) is 0 Å². The Morgan fingerprint density at radius 3 is 2.73 bits per heavy atom. The minimum atomic E-state index is -0.563. The number of nitrogens with one attached hydrogen (secondary N) is 2. The summed E-state index contributed by atoms with van der Waals surface area (Å²) in [5.74, 6) is 0.0749. The Labute approximate surface area is 86.9 Å². The standard InChI is InChI=1S/C9H14N4O2/c1-9(2,10)5-8(15)11-6-3-4-7(14)13-12-6/h3-4H,5,10H2,1-2H3,(H,13,14)(H,11,12,15). The molecule has 0 spiro atoms. The van der Waals surface area contributed by atoms with Crippen LogP contribution < -0.4 is 16.6 Å². The van der Waals surface area contributed by atoms with Crippen LogP contribution in [0.25, 0.3) is 0 Å². The number of hydrogen-bond acceptors (Lipinski definition) is 4. The average molecular weight is 210 g/mol. The van der Waals surface area contributed by atoms with Gasteiger partial charge in [0.05, 0.1) is 0 Å². The van der Waals surface area contributed by atoms with Crippen molar-refractivity contribution in [1.82, 2.24) is 10.2 Å². The van der Waals surface area contributed by atoms with Gasteiger partial charge in [-0.25, -0.2) is 5.10 Å². The van der Waals surface area contributed by atoms with E-state index >= 15 is 0 Å². The largest absolute Gasteiger partial charge is 0.325 e. The van der Waals surface area contributed by atoms with E-state index in [4.69, 9.17) is 5.73 Å². The molecule has 0 radical (unpaired) electrons. The van der Waals surface area contributed by atoms with E-state index in [9.17, 15) is 9.59 Å². The highest BCUT2D eigenvalue weighted by Crippen LogP contribution is 2.05. The fraction of sp³-hybridized carbons (Fsp3) is 0.444. The molecule has 0 aliphatic rings. The van der Waals surface area contributed by atoms with Crippen LogP contribution in [0.2, 0.25) is 0 Å². The topological polar surface area (TPSA) is 101 Å². The van der Waals surface area contributed by atoms with E-state index in [-0.39, 0.29) is 17.9 Å². The van der Waals surface area contributed by atoms with Gasteiger partial charge in [0.15, 0.2) is 5.82 Å². The number of rotatable bonds is 3. The summed E-state index contributed by atoms with van der Waals surface area (Å²) in [6, 6.07) is 2.72. The lowest BCUT2D eigenvalue weighted by atomic mass is 10.0. The number of amides is 1. The third kappa shape index (κ3) is 4.37. The molecule has 1 amide bonds. The van der Waals surface area contributed by atoms with Crippen molar-refractivity contribution in [3.8, 4) is 0 Å². The van der Waals surface area contributed by atoms with Crippen LogP contribution in [0.15, 0.2) is 16.9 Å². The molecule has 0 aromatic carbocycles. The quantitative estimate of drug-likeness (QED) is 0.645. The number of anilines is 1. The van der Waals surface area contributed by atoms with E-state index in [1.54, 1.807) is 13.8 Å². The van der Waals surface area contributed by atoms with Crippen LogP contribution in [-0.2, 0) is 4.79 Å². The van der Waals surface area contributed by atoms with Crippen LogP contribution >= 0.6 is 0 Å². The number of nitrogens with zero attached hydrogens (tertiary/aromatic N) is 1. The van der Waals surface area contributed by atoms with Crippen LogP contribution in [-0.4, -0.2) is 21.6 Å². The molecule has 0 saturated carbocycles. The molecule has 0 saturated heterocycles. The first kappa shape index (κ1) is 11.4. The maximum absolute atomic E-state index is 11.4. The van der Waals surface area contributed by atoms with E-state index in [1.165, 1.54) is 12.1 Å². The molecular weight excluding hydrogens is 196 g/mol. The third-order valence-electron chi connectivity index (χ3n) is 1.56. The highest BCUT2D eigenvalue weighted by Gasteiger charge is 2.16. The van der Waals surface area contributed by atoms with Crippen LogP contribution in [0, 0.1) is 0 Å². The summed E-state index contributed by atoms with van der Waals surface area (Å²) in [6.07, 6.45) is 0.188. The minimum Gasteiger partial charge on any atom is -0.325 e. The van der Waals surface area contributed by atoms with Crippen molar-refractivity contribution >= 4 is 11.7 Å². The zero-order valence-corrected chi connectivity index (χ0v) is 8.70. The molecular formula is C9H14N4O2. The number of nitrogens with two attached hydrogens (primary N) is 1. The maximum atomic E-state index is 11.4. The molecule has 1 aromatic heterocycles. The predicted octanol–water partition coefficient (Wildman–Crippen LogP) is -0.164. The third-order valence-corrected chi connectivity index (χ3v) is 1.56. The van der Waals surface area contributed by atoms with Gasteiger partial charge in [-0.3, -0.25) is 9.59 Å². The molecule has 0 fully saturated rings. The molecule has 0 aliphatic heterocycles. The molecule has 6 nitrogen and oxygen atoms in total. The Morgan fingerprint density at radius 1 is 1.60 bits per heavy atom. The fourth-order valence-electron chi connectivity index (χ4n) is 1.01. The summed E-state index contributed by atoms with van der Waals surface area (Å²) in [4.78, 5) is 22.1. The van der Waals surface area contributed by atoms with Gasteiger partial charge in [0.2, 0.25) is 5.91 Å². The van der Waals surface area contributed by atoms with Crippen LogP contribution in [0.4, 0.5) is 5.82 Å². The number of H-pyrrole nitrogens is 1. The van der Waals surface area contributed by atoms with Gasteiger partial charge in [-0.1, -0.05) is 0 Å². The van der Waals surface area contributed by atoms with Gasteiger partial charge in [-0.05, 0) is 19.9 Å². The summed E-state index contributed by atoms with van der Waals surface area (Å²) < 4.78 is 0. The van der Waals surface area contributed by atoms with Crippen molar-refractivity contribution in [2.45, 2.75) is 25.8 Å². The first-order valence-corrected chi connectivity index (χ1v) is 4.51. The van der Waals surface area contributed by atoms with Crippen molar-refractivity contribution in [3.05, 3.63) is 22.5 Å². The molecule has 4 N–H and O–H groups in total. The summed E-state index contributed by atoms with van der Waals surface area (Å²) in [5, 5.41) is 8.38. The van der Waals surface area contributed by atoms with E-state index < -0.39 is 5.54 Å². The zero-order valence-electron chi connectivity index (χ0n) is 8.70. The second-order valence-electron chi connectivity index (χ2n) is 4.02. The minimum absolute atomic E-state index is 0.188. The number of carbonyl (C=O) groups excluding carboxylic acids is 1. The molecule has 1 heterocycles. The Balaban J connectivity index is 2.59. The number of aromatic nitrogens is 2. The number of aromatic amines is 1. The molecule has 0 bridgehead atoms. The molecule has 15 heavy (non-hydrogen) atoms. The van der Waals surface area contributed by atoms with Crippen molar-refractivity contribution in [2.75, 3.05) is 5.32 Å². The highest BCUT2D eigenvalue weighted by atomic mass is 16.2. The van der Waals surface area contributed by atoms with Crippen LogP contribution in [0.3, 0.4) is 0 Å². The van der Waals surface area contributed by atoms with Crippen molar-refractivity contribution in [1.29, 1.82) is 0 Å². The second kappa shape index (κ2) is 4.22. The normalized spacial score (nSPS) is 11.1. The number of carbonyl (C=O) groups is 1. The molecule has 1 rings (SSSR count). The summed E-state index contributed by atoms with van der Waals surface area (Å²) >= 11 is 0. The second-order valence-corrected chi connectivity index (χ2v) is 4.02. The monoisotopic (exact) mass is 210 g/mol. The van der Waals surface area contributed by atoms with Gasteiger partial charge in [0, 0.05) is 18.0 Å². The van der Waals surface area contributed by atoms with Gasteiger partial charge in [0.1, 0.15) is 0 Å². The van der Waals surface area contributed by atoms with Crippen molar-refractivity contribution in [3.63, 3.8) is 0 Å². The molecule has 0 aliphatic carbocycles. The van der Waals surface area contributed by atoms with Gasteiger partial charge < -0.3 is 11.1 Å². The highest BCUT2D eigenvalue weighted by molar-refractivity contribution is 5.90. The van der Waals surface area contributed by atoms with Crippen molar-refractivity contribution < 1.29 is 4.79 Å². The van der Waals surface area contributed by atoms with E-state index in [1.807, 2.05) is 0 Å². The average Bonchev–Trinajstić information content (AvgIpc) is 2.05. The zero-order chi connectivity index (χ0) is 11.5. The molecule has 0 unspecified atom stereocenters. The molecule has 82 valence electrons. The van der Waals surface area contributed by atoms with E-state index in [0.29, 0.717) is 5.82 Å². The van der Waals surface area contributed by atoms with Crippen LogP contribution in [0.1, 0.15) is 20.3 Å². The van der Waals surface area contributed by atoms with Gasteiger partial charge in [-0.2, -0.15) is 5.10 Å². The first-order valence-electron chi connectivity index (χ1n) is 4.51. The van der Waals surface area contributed by atoms with Gasteiger partial charge >= 0.3 is 0 Å². The molecule has 1 aromatic rings. The molecule has 6 heteroatoms. The Kier molecular flexibility index (Phi) is 3.21. The Bertz CT molecular complexity index is 385. The van der Waals surface area contributed by atoms with Crippen molar-refractivity contribution in [2.24, 2.45) is 5.73 Å². The van der Waals surface area contributed by atoms with Gasteiger partial charge in [0.25, 0.3) is 5.56 Å². The van der Waals surface area contributed by atoms with E-state index in [2.05, 4.69) is 15.5 Å². The predicted molar refractivity (Wildman–Crippen MR) is 56.4 cm³/mol. The number of hydrogen-bond donors (Lipinski definition) is 3. The van der Waals surface area contributed by atoms with Gasteiger partial charge in [-0.15, -0.1) is 0 Å². The Morgan fingerprint density at radius 2 is 2.27 bits per heavy atom. The summed E-state index contributed by atoms with van der Waals surface area (Å²) in [7, 11) is 0.